The van der Waals surface area contributed by atoms with Crippen LogP contribution in [0.2, 0.25) is 0 Å². The van der Waals surface area contributed by atoms with Crippen molar-refractivity contribution in [3.05, 3.63) is 59.4 Å². The Hall–Kier alpha value is -2.90. The van der Waals surface area contributed by atoms with Crippen LogP contribution < -0.4 is 10.6 Å². The maximum Gasteiger partial charge on any atom is 0.433 e. The highest BCUT2D eigenvalue weighted by Crippen LogP contribution is 2.27. The first kappa shape index (κ1) is 16.9. The number of aromatic nitrogens is 1. The van der Waals surface area contributed by atoms with Gasteiger partial charge in [0.15, 0.2) is 0 Å². The van der Waals surface area contributed by atoms with Gasteiger partial charge in [0.1, 0.15) is 5.69 Å². The fraction of sp³-hybridized carbons (Fsp3) is 0.235. The molecule has 0 unspecified atom stereocenters. The monoisotopic (exact) mass is 349 g/mol. The number of amides is 2. The summed E-state index contributed by atoms with van der Waals surface area (Å²) in [4.78, 5) is 27.7. The molecule has 1 fully saturated rings. The van der Waals surface area contributed by atoms with Crippen LogP contribution in [0.3, 0.4) is 0 Å². The lowest BCUT2D eigenvalue weighted by Crippen LogP contribution is -2.27. The van der Waals surface area contributed by atoms with Gasteiger partial charge < -0.3 is 10.6 Å². The predicted molar refractivity (Wildman–Crippen MR) is 84.1 cm³/mol. The number of carbonyl (C=O) groups excluding carboxylic acids is 2. The molecule has 2 N–H and O–H groups in total. The van der Waals surface area contributed by atoms with Gasteiger partial charge in [-0.1, -0.05) is 12.1 Å². The number of hydrogen-bond acceptors (Lipinski definition) is 3. The zero-order valence-corrected chi connectivity index (χ0v) is 12.9. The van der Waals surface area contributed by atoms with Gasteiger partial charge in [0, 0.05) is 12.2 Å². The number of para-hydroxylation sites is 1. The van der Waals surface area contributed by atoms with Crippen molar-refractivity contribution in [2.75, 3.05) is 5.32 Å². The molecular weight excluding hydrogens is 335 g/mol. The molecule has 1 heterocycles. The van der Waals surface area contributed by atoms with Crippen molar-refractivity contribution < 1.29 is 22.8 Å². The standard InChI is InChI=1S/C17H14F3N3O2/c18-17(19,20)14-8-5-10(9-21-14)15(24)23-13-4-2-1-3-12(13)16(25)22-11-6-7-11/h1-5,8-9,11H,6-7H2,(H,22,25)(H,23,24). The molecule has 5 nitrogen and oxygen atoms in total. The summed E-state index contributed by atoms with van der Waals surface area (Å²) in [6.45, 7) is 0. The first-order valence-corrected chi connectivity index (χ1v) is 7.59. The zero-order valence-electron chi connectivity index (χ0n) is 12.9. The second-order valence-electron chi connectivity index (χ2n) is 5.68. The van der Waals surface area contributed by atoms with E-state index < -0.39 is 17.8 Å². The van der Waals surface area contributed by atoms with Crippen LogP contribution in [0.15, 0.2) is 42.6 Å². The van der Waals surface area contributed by atoms with Gasteiger partial charge in [-0.25, -0.2) is 0 Å². The Kier molecular flexibility index (Phi) is 4.43. The van der Waals surface area contributed by atoms with Crippen molar-refractivity contribution in [1.29, 1.82) is 0 Å². The molecule has 3 rings (SSSR count). The van der Waals surface area contributed by atoms with Gasteiger partial charge in [-0.2, -0.15) is 13.2 Å². The average molecular weight is 349 g/mol. The third-order valence-electron chi connectivity index (χ3n) is 3.65. The largest absolute Gasteiger partial charge is 0.433 e. The van der Waals surface area contributed by atoms with Crippen LogP contribution in [0.1, 0.15) is 39.3 Å². The average Bonchev–Trinajstić information content (AvgIpc) is 3.38. The molecule has 1 aromatic carbocycles. The molecule has 0 spiro atoms. The summed E-state index contributed by atoms with van der Waals surface area (Å²) >= 11 is 0. The van der Waals surface area contributed by atoms with Gasteiger partial charge in [0.25, 0.3) is 11.8 Å². The number of benzene rings is 1. The number of rotatable bonds is 4. The van der Waals surface area contributed by atoms with Crippen molar-refractivity contribution in [2.45, 2.75) is 25.1 Å². The Morgan fingerprint density at radius 3 is 2.36 bits per heavy atom. The normalized spacial score (nSPS) is 14.0. The molecule has 8 heteroatoms. The van der Waals surface area contributed by atoms with E-state index in [2.05, 4.69) is 15.6 Å². The molecule has 1 aliphatic rings. The molecule has 1 aromatic heterocycles. The van der Waals surface area contributed by atoms with Crippen molar-refractivity contribution in [1.82, 2.24) is 10.3 Å². The molecule has 2 aromatic rings. The highest BCUT2D eigenvalue weighted by atomic mass is 19.4. The summed E-state index contributed by atoms with van der Waals surface area (Å²) in [7, 11) is 0. The quantitative estimate of drug-likeness (QED) is 0.890. The van der Waals surface area contributed by atoms with Gasteiger partial charge in [-0.05, 0) is 37.1 Å². The molecule has 25 heavy (non-hydrogen) atoms. The summed E-state index contributed by atoms with van der Waals surface area (Å²) < 4.78 is 37.5. The minimum absolute atomic E-state index is 0.0367. The summed E-state index contributed by atoms with van der Waals surface area (Å²) in [5.74, 6) is -0.947. The molecule has 1 aliphatic carbocycles. The smallest absolute Gasteiger partial charge is 0.349 e. The number of anilines is 1. The van der Waals surface area contributed by atoms with Crippen LogP contribution in [-0.2, 0) is 6.18 Å². The van der Waals surface area contributed by atoms with Gasteiger partial charge in [0.2, 0.25) is 0 Å². The van der Waals surface area contributed by atoms with Gasteiger partial charge >= 0.3 is 6.18 Å². The number of pyridine rings is 1. The van der Waals surface area contributed by atoms with Gasteiger partial charge in [-0.15, -0.1) is 0 Å². The fourth-order valence-corrected chi connectivity index (χ4v) is 2.17. The third-order valence-corrected chi connectivity index (χ3v) is 3.65. The number of nitrogens with zero attached hydrogens (tertiary/aromatic N) is 1. The number of hydrogen-bond donors (Lipinski definition) is 2. The zero-order chi connectivity index (χ0) is 18.0. The van der Waals surface area contributed by atoms with Crippen molar-refractivity contribution >= 4 is 17.5 Å². The van der Waals surface area contributed by atoms with Gasteiger partial charge in [0.05, 0.1) is 16.8 Å². The first-order valence-electron chi connectivity index (χ1n) is 7.59. The Morgan fingerprint density at radius 1 is 1.04 bits per heavy atom. The summed E-state index contributed by atoms with van der Waals surface area (Å²) in [5, 5.41) is 5.36. The first-order chi connectivity index (χ1) is 11.8. The van der Waals surface area contributed by atoms with Crippen LogP contribution in [0.4, 0.5) is 18.9 Å². The van der Waals surface area contributed by atoms with Crippen LogP contribution in [-0.4, -0.2) is 22.8 Å². The third kappa shape index (κ3) is 4.14. The predicted octanol–water partition coefficient (Wildman–Crippen LogP) is 3.24. The summed E-state index contributed by atoms with van der Waals surface area (Å²) in [6.07, 6.45) is -1.86. The molecule has 0 radical (unpaired) electrons. The number of alkyl halides is 3. The second kappa shape index (κ2) is 6.54. The maximum absolute atomic E-state index is 12.5. The van der Waals surface area contributed by atoms with Crippen LogP contribution >= 0.6 is 0 Å². The van der Waals surface area contributed by atoms with Crippen molar-refractivity contribution in [2.24, 2.45) is 0 Å². The molecule has 0 bridgehead atoms. The molecule has 0 saturated heterocycles. The lowest BCUT2D eigenvalue weighted by atomic mass is 10.1. The van der Waals surface area contributed by atoms with E-state index in [4.69, 9.17) is 0 Å². The van der Waals surface area contributed by atoms with E-state index in [9.17, 15) is 22.8 Å². The minimum Gasteiger partial charge on any atom is -0.349 e. The van der Waals surface area contributed by atoms with Crippen LogP contribution in [0.5, 0.6) is 0 Å². The molecular formula is C17H14F3N3O2. The highest BCUT2D eigenvalue weighted by molar-refractivity contribution is 6.08. The lowest BCUT2D eigenvalue weighted by molar-refractivity contribution is -0.141. The SMILES string of the molecule is O=C(Nc1ccccc1C(=O)NC1CC1)c1ccc(C(F)(F)F)nc1. The maximum atomic E-state index is 12.5. The minimum atomic E-state index is -4.57. The second-order valence-corrected chi connectivity index (χ2v) is 5.68. The Balaban J connectivity index is 1.75. The topological polar surface area (TPSA) is 71.1 Å². The molecule has 1 saturated carbocycles. The van der Waals surface area contributed by atoms with Crippen molar-refractivity contribution in [3.63, 3.8) is 0 Å². The molecule has 130 valence electrons. The van der Waals surface area contributed by atoms with Gasteiger partial charge in [-0.3, -0.25) is 14.6 Å². The summed E-state index contributed by atoms with van der Waals surface area (Å²) in [5.41, 5.74) is -0.535. The number of carbonyl (C=O) groups is 2. The van der Waals surface area contributed by atoms with Crippen LogP contribution in [0.25, 0.3) is 0 Å². The number of nitrogens with one attached hydrogen (secondary N) is 2. The number of halogens is 3. The van der Waals surface area contributed by atoms with E-state index in [1.807, 2.05) is 0 Å². The molecule has 0 aliphatic heterocycles. The Morgan fingerprint density at radius 2 is 1.76 bits per heavy atom. The Labute approximate surface area is 141 Å². The Bertz CT molecular complexity index is 800. The molecule has 2 amide bonds. The van der Waals surface area contributed by atoms with E-state index in [1.165, 1.54) is 0 Å². The summed E-state index contributed by atoms with van der Waals surface area (Å²) in [6, 6.07) is 8.37. The van der Waals surface area contributed by atoms with E-state index in [0.717, 1.165) is 31.2 Å². The molecule has 0 atom stereocenters. The van der Waals surface area contributed by atoms with Crippen molar-refractivity contribution in [3.8, 4) is 0 Å². The highest BCUT2D eigenvalue weighted by Gasteiger charge is 2.32. The van der Waals surface area contributed by atoms with E-state index in [-0.39, 0.29) is 23.2 Å². The van der Waals surface area contributed by atoms with E-state index >= 15 is 0 Å². The van der Waals surface area contributed by atoms with E-state index in [0.29, 0.717) is 5.56 Å². The van der Waals surface area contributed by atoms with E-state index in [1.54, 1.807) is 24.3 Å². The van der Waals surface area contributed by atoms with Crippen LogP contribution in [0, 0.1) is 0 Å². The lowest BCUT2D eigenvalue weighted by Gasteiger charge is -2.11. The fourth-order valence-electron chi connectivity index (χ4n) is 2.17.